The van der Waals surface area contributed by atoms with Gasteiger partial charge in [0.1, 0.15) is 5.01 Å². The van der Waals surface area contributed by atoms with E-state index in [1.165, 1.54) is 4.90 Å². The van der Waals surface area contributed by atoms with E-state index in [-0.39, 0.29) is 10.2 Å². The summed E-state index contributed by atoms with van der Waals surface area (Å²) in [6, 6.07) is 7.42. The molecule has 0 aliphatic carbocycles. The van der Waals surface area contributed by atoms with Crippen LogP contribution in [0, 0.1) is 6.92 Å². The summed E-state index contributed by atoms with van der Waals surface area (Å²) in [5.74, 6) is 0. The predicted molar refractivity (Wildman–Crippen MR) is 110 cm³/mol. The first-order valence-electron chi connectivity index (χ1n) is 8.44. The SMILES string of the molecule is Cc1nc(N2CCCN(c3ccc(-c4nccs4)cc3)C2=O)sc1S(N)(=O)=O. The van der Waals surface area contributed by atoms with Crippen molar-refractivity contribution >= 4 is 49.5 Å². The number of carbonyl (C=O) groups excluding carboxylic acids is 1. The Morgan fingerprint density at radius 3 is 2.46 bits per heavy atom. The lowest BCUT2D eigenvalue weighted by molar-refractivity contribution is 0.248. The highest BCUT2D eigenvalue weighted by atomic mass is 32.2. The van der Waals surface area contributed by atoms with Gasteiger partial charge in [0, 0.05) is 35.9 Å². The highest BCUT2D eigenvalue weighted by Crippen LogP contribution is 2.32. The molecule has 11 heteroatoms. The Kier molecular flexibility index (Phi) is 4.91. The van der Waals surface area contributed by atoms with Crippen LogP contribution in [0.5, 0.6) is 0 Å². The number of aromatic nitrogens is 2. The van der Waals surface area contributed by atoms with Gasteiger partial charge in [-0.1, -0.05) is 11.3 Å². The van der Waals surface area contributed by atoms with Crippen LogP contribution in [-0.2, 0) is 10.0 Å². The first kappa shape index (κ1) is 19.0. The van der Waals surface area contributed by atoms with Gasteiger partial charge in [0.05, 0.1) is 5.69 Å². The van der Waals surface area contributed by atoms with Gasteiger partial charge in [-0.25, -0.2) is 28.3 Å². The number of benzene rings is 1. The van der Waals surface area contributed by atoms with Crippen molar-refractivity contribution in [2.24, 2.45) is 5.14 Å². The first-order valence-corrected chi connectivity index (χ1v) is 11.7. The molecule has 4 rings (SSSR count). The minimum absolute atomic E-state index is 0.0137. The van der Waals surface area contributed by atoms with Gasteiger partial charge >= 0.3 is 6.03 Å². The Balaban J connectivity index is 1.60. The van der Waals surface area contributed by atoms with E-state index in [0.29, 0.717) is 23.9 Å². The molecule has 2 N–H and O–H groups in total. The molecule has 146 valence electrons. The van der Waals surface area contributed by atoms with Gasteiger partial charge in [0.15, 0.2) is 9.34 Å². The van der Waals surface area contributed by atoms with Gasteiger partial charge in [0.25, 0.3) is 0 Å². The Hall–Kier alpha value is -2.34. The van der Waals surface area contributed by atoms with Crippen LogP contribution in [0.4, 0.5) is 15.6 Å². The maximum absolute atomic E-state index is 13.0. The molecule has 0 saturated carbocycles. The summed E-state index contributed by atoms with van der Waals surface area (Å²) in [7, 11) is -3.86. The summed E-state index contributed by atoms with van der Waals surface area (Å²) in [6.45, 7) is 2.63. The van der Waals surface area contributed by atoms with Crippen LogP contribution in [0.25, 0.3) is 10.6 Å². The highest BCUT2D eigenvalue weighted by molar-refractivity contribution is 7.91. The fraction of sp³-hybridized carbons (Fsp3) is 0.235. The number of anilines is 2. The number of carbonyl (C=O) groups is 1. The van der Waals surface area contributed by atoms with E-state index >= 15 is 0 Å². The summed E-state index contributed by atoms with van der Waals surface area (Å²) in [4.78, 5) is 24.8. The van der Waals surface area contributed by atoms with Gasteiger partial charge in [-0.15, -0.1) is 11.3 Å². The molecule has 3 aromatic rings. The fourth-order valence-corrected chi connectivity index (χ4v) is 5.65. The minimum atomic E-state index is -3.86. The Bertz CT molecular complexity index is 1110. The van der Waals surface area contributed by atoms with Crippen molar-refractivity contribution in [2.75, 3.05) is 22.9 Å². The molecule has 2 aromatic heterocycles. The van der Waals surface area contributed by atoms with Crippen LogP contribution in [0.1, 0.15) is 12.1 Å². The highest BCUT2D eigenvalue weighted by Gasteiger charge is 2.31. The predicted octanol–water partition coefficient (Wildman–Crippen LogP) is 3.06. The van der Waals surface area contributed by atoms with E-state index in [0.717, 1.165) is 34.0 Å². The molecule has 1 saturated heterocycles. The van der Waals surface area contributed by atoms with Gasteiger partial charge < -0.3 is 0 Å². The van der Waals surface area contributed by atoms with Crippen LogP contribution >= 0.6 is 22.7 Å². The molecule has 0 unspecified atom stereocenters. The Labute approximate surface area is 170 Å². The summed E-state index contributed by atoms with van der Waals surface area (Å²) >= 11 is 2.48. The number of rotatable bonds is 4. The van der Waals surface area contributed by atoms with Crippen molar-refractivity contribution in [1.82, 2.24) is 9.97 Å². The molecule has 2 amide bonds. The van der Waals surface area contributed by atoms with Gasteiger partial charge in [0.2, 0.25) is 10.0 Å². The molecular weight excluding hydrogens is 418 g/mol. The monoisotopic (exact) mass is 435 g/mol. The largest absolute Gasteiger partial charge is 0.330 e. The van der Waals surface area contributed by atoms with Crippen molar-refractivity contribution in [3.05, 3.63) is 41.5 Å². The second-order valence-corrected chi connectivity index (χ2v) is 9.87. The molecule has 1 aliphatic heterocycles. The third-order valence-electron chi connectivity index (χ3n) is 4.32. The molecule has 1 aliphatic rings. The number of hydrogen-bond acceptors (Lipinski definition) is 7. The number of nitrogens with two attached hydrogens (primary N) is 1. The Morgan fingerprint density at radius 1 is 1.14 bits per heavy atom. The second kappa shape index (κ2) is 7.24. The van der Waals surface area contributed by atoms with Crippen molar-refractivity contribution in [1.29, 1.82) is 0 Å². The summed E-state index contributed by atoms with van der Waals surface area (Å²) in [5, 5.41) is 8.42. The van der Waals surface area contributed by atoms with Gasteiger partial charge in [-0.2, -0.15) is 0 Å². The number of urea groups is 1. The van der Waals surface area contributed by atoms with Crippen LogP contribution < -0.4 is 14.9 Å². The number of thiazole rings is 2. The molecule has 0 spiro atoms. The molecule has 0 radical (unpaired) electrons. The smallest absolute Gasteiger partial charge is 0.294 e. The van der Waals surface area contributed by atoms with E-state index < -0.39 is 10.0 Å². The van der Waals surface area contributed by atoms with Crippen molar-refractivity contribution in [2.45, 2.75) is 17.6 Å². The zero-order valence-electron chi connectivity index (χ0n) is 14.9. The van der Waals surface area contributed by atoms with Crippen LogP contribution in [0.15, 0.2) is 40.1 Å². The molecule has 0 atom stereocenters. The number of sulfonamides is 1. The maximum Gasteiger partial charge on any atom is 0.330 e. The topological polar surface area (TPSA) is 109 Å². The normalized spacial score (nSPS) is 15.3. The fourth-order valence-electron chi connectivity index (χ4n) is 3.04. The summed E-state index contributed by atoms with van der Waals surface area (Å²) in [6.07, 6.45) is 2.50. The lowest BCUT2D eigenvalue weighted by Gasteiger charge is -2.34. The van der Waals surface area contributed by atoms with Crippen molar-refractivity contribution in [3.8, 4) is 10.6 Å². The van der Waals surface area contributed by atoms with E-state index in [9.17, 15) is 13.2 Å². The van der Waals surface area contributed by atoms with Crippen LogP contribution in [-0.4, -0.2) is 37.5 Å². The molecule has 28 heavy (non-hydrogen) atoms. The minimum Gasteiger partial charge on any atom is -0.294 e. The molecule has 0 bridgehead atoms. The zero-order chi connectivity index (χ0) is 19.9. The lowest BCUT2D eigenvalue weighted by atomic mass is 10.2. The number of aryl methyl sites for hydroxylation is 1. The number of primary sulfonamides is 1. The number of hydrogen-bond donors (Lipinski definition) is 1. The average Bonchev–Trinajstić information content (AvgIpc) is 3.31. The van der Waals surface area contributed by atoms with E-state index in [1.807, 2.05) is 29.6 Å². The maximum atomic E-state index is 13.0. The molecule has 8 nitrogen and oxygen atoms in total. The van der Waals surface area contributed by atoms with Gasteiger partial charge in [-0.3, -0.25) is 9.80 Å². The number of amides is 2. The quantitative estimate of drug-likeness (QED) is 0.677. The van der Waals surface area contributed by atoms with E-state index in [4.69, 9.17) is 5.14 Å². The standard InChI is InChI=1S/C17H17N5O3S3/c1-11-15(28(18,24)25)27-16(20-11)22-9-2-8-21(17(22)23)13-5-3-12(4-6-13)14-19-7-10-26-14/h3-7,10H,2,8-9H2,1H3,(H2,18,24,25). The van der Waals surface area contributed by atoms with Gasteiger partial charge in [-0.05, 0) is 37.6 Å². The second-order valence-electron chi connectivity index (χ2n) is 6.24. The summed E-state index contributed by atoms with van der Waals surface area (Å²) in [5.41, 5.74) is 2.07. The third-order valence-corrected chi connectivity index (χ3v) is 7.87. The van der Waals surface area contributed by atoms with Crippen LogP contribution in [0.2, 0.25) is 0 Å². The zero-order valence-corrected chi connectivity index (χ0v) is 17.4. The number of nitrogens with zero attached hydrogens (tertiary/aromatic N) is 4. The molecule has 3 heterocycles. The van der Waals surface area contributed by atoms with Crippen molar-refractivity contribution < 1.29 is 13.2 Å². The average molecular weight is 436 g/mol. The lowest BCUT2D eigenvalue weighted by Crippen LogP contribution is -2.49. The molecule has 1 fully saturated rings. The van der Waals surface area contributed by atoms with E-state index in [1.54, 1.807) is 29.4 Å². The molecular formula is C17H17N5O3S3. The Morgan fingerprint density at radius 2 is 1.86 bits per heavy atom. The first-order chi connectivity index (χ1) is 13.3. The third kappa shape index (κ3) is 3.53. The molecule has 1 aromatic carbocycles. The summed E-state index contributed by atoms with van der Waals surface area (Å²) < 4.78 is 23.3. The van der Waals surface area contributed by atoms with Crippen LogP contribution in [0.3, 0.4) is 0 Å². The van der Waals surface area contributed by atoms with Crippen molar-refractivity contribution in [3.63, 3.8) is 0 Å². The van der Waals surface area contributed by atoms with E-state index in [2.05, 4.69) is 9.97 Å².